The van der Waals surface area contributed by atoms with Gasteiger partial charge in [0.25, 0.3) is 5.91 Å². The van der Waals surface area contributed by atoms with Crippen LogP contribution in [0.5, 0.6) is 5.75 Å². The molecule has 1 amide bonds. The summed E-state index contributed by atoms with van der Waals surface area (Å²) in [4.78, 5) is 21.2. The summed E-state index contributed by atoms with van der Waals surface area (Å²) in [5, 5.41) is 3.53. The topological polar surface area (TPSA) is 83.7 Å². The lowest BCUT2D eigenvalue weighted by atomic mass is 10.1. The van der Waals surface area contributed by atoms with E-state index in [9.17, 15) is 13.6 Å². The Labute approximate surface area is 191 Å². The van der Waals surface area contributed by atoms with Crippen molar-refractivity contribution in [2.24, 2.45) is 5.73 Å². The second kappa shape index (κ2) is 9.58. The number of ether oxygens (including phenoxy) is 1. The average molecular weight is 456 g/mol. The van der Waals surface area contributed by atoms with Gasteiger partial charge in [0.2, 0.25) is 0 Å². The zero-order valence-corrected chi connectivity index (χ0v) is 18.7. The molecule has 1 aliphatic heterocycles. The fraction of sp³-hybridized carbons (Fsp3) is 0.333. The highest BCUT2D eigenvalue weighted by Crippen LogP contribution is 2.38. The van der Waals surface area contributed by atoms with Crippen molar-refractivity contribution in [1.82, 2.24) is 9.88 Å². The molecule has 0 aliphatic carbocycles. The van der Waals surface area contributed by atoms with Gasteiger partial charge in [-0.15, -0.1) is 0 Å². The molecule has 0 radical (unpaired) electrons. The highest BCUT2D eigenvalue weighted by molar-refractivity contribution is 6.08. The highest BCUT2D eigenvalue weighted by Gasteiger charge is 2.22. The number of nitrogens with two attached hydrogens (primary N) is 1. The van der Waals surface area contributed by atoms with Crippen LogP contribution < -0.4 is 20.7 Å². The first-order chi connectivity index (χ1) is 15.9. The van der Waals surface area contributed by atoms with Gasteiger partial charge < -0.3 is 25.6 Å². The smallest absolute Gasteiger partial charge is 0.252 e. The molecule has 33 heavy (non-hydrogen) atoms. The van der Waals surface area contributed by atoms with Crippen LogP contribution in [0.15, 0.2) is 36.5 Å². The van der Waals surface area contributed by atoms with Crippen molar-refractivity contribution in [3.05, 3.63) is 53.7 Å². The van der Waals surface area contributed by atoms with Crippen LogP contribution in [0, 0.1) is 11.6 Å². The summed E-state index contributed by atoms with van der Waals surface area (Å²) in [7, 11) is 0. The third-order valence-electron chi connectivity index (χ3n) is 5.86. The summed E-state index contributed by atoms with van der Waals surface area (Å²) in [6, 6.07) is 6.91. The van der Waals surface area contributed by atoms with Gasteiger partial charge in [-0.1, -0.05) is 6.92 Å². The van der Waals surface area contributed by atoms with E-state index in [1.54, 1.807) is 0 Å². The number of anilines is 3. The number of hydrogen-bond acceptors (Lipinski definition) is 6. The predicted octanol–water partition coefficient (Wildman–Crippen LogP) is 3.90. The fourth-order valence-corrected chi connectivity index (χ4v) is 4.08. The molecule has 1 aliphatic rings. The summed E-state index contributed by atoms with van der Waals surface area (Å²) in [5.41, 5.74) is 7.47. The van der Waals surface area contributed by atoms with Crippen molar-refractivity contribution in [1.29, 1.82) is 0 Å². The van der Waals surface area contributed by atoms with Crippen LogP contribution in [-0.2, 0) is 0 Å². The number of likely N-dealkylation sites (N-methyl/N-ethyl adjacent to an activating group) is 1. The molecule has 1 saturated heterocycles. The molecule has 3 aromatic rings. The van der Waals surface area contributed by atoms with Gasteiger partial charge in [-0.25, -0.2) is 8.78 Å². The largest absolute Gasteiger partial charge is 0.492 e. The van der Waals surface area contributed by atoms with E-state index in [-0.39, 0.29) is 11.3 Å². The summed E-state index contributed by atoms with van der Waals surface area (Å²) in [5.74, 6) is -1.49. The molecular weight excluding hydrogens is 428 g/mol. The van der Waals surface area contributed by atoms with E-state index < -0.39 is 17.5 Å². The SMILES string of the molecule is CCOc1cc2ncc(C(N)=O)c(Nc3ccc(F)cc3F)c2cc1N1CCN(CC)CC1. The molecule has 2 aromatic carbocycles. The monoisotopic (exact) mass is 455 g/mol. The highest BCUT2D eigenvalue weighted by atomic mass is 19.1. The minimum atomic E-state index is -0.780. The number of pyridine rings is 1. The Kier molecular flexibility index (Phi) is 6.60. The average Bonchev–Trinajstić information content (AvgIpc) is 2.80. The first-order valence-corrected chi connectivity index (χ1v) is 11.0. The van der Waals surface area contributed by atoms with Gasteiger partial charge in [0.15, 0.2) is 0 Å². The number of nitrogens with one attached hydrogen (secondary N) is 1. The Morgan fingerprint density at radius 3 is 2.55 bits per heavy atom. The van der Waals surface area contributed by atoms with E-state index >= 15 is 0 Å². The van der Waals surface area contributed by atoms with E-state index in [0.717, 1.165) is 50.5 Å². The number of amides is 1. The number of nitrogens with zero attached hydrogens (tertiary/aromatic N) is 3. The molecule has 4 rings (SSSR count). The summed E-state index contributed by atoms with van der Waals surface area (Å²) in [6.45, 7) is 9.01. The minimum Gasteiger partial charge on any atom is -0.492 e. The van der Waals surface area contributed by atoms with Gasteiger partial charge in [-0.2, -0.15) is 0 Å². The van der Waals surface area contributed by atoms with Gasteiger partial charge in [0, 0.05) is 49.9 Å². The summed E-state index contributed by atoms with van der Waals surface area (Å²) < 4.78 is 33.7. The van der Waals surface area contributed by atoms with Crippen molar-refractivity contribution >= 4 is 33.9 Å². The molecule has 0 spiro atoms. The normalized spacial score (nSPS) is 14.5. The van der Waals surface area contributed by atoms with E-state index in [4.69, 9.17) is 10.5 Å². The van der Waals surface area contributed by atoms with Crippen LogP contribution in [0.25, 0.3) is 10.9 Å². The zero-order valence-electron chi connectivity index (χ0n) is 18.7. The lowest BCUT2D eigenvalue weighted by Crippen LogP contribution is -2.46. The third-order valence-corrected chi connectivity index (χ3v) is 5.86. The second-order valence-electron chi connectivity index (χ2n) is 7.85. The number of aromatic nitrogens is 1. The van der Waals surface area contributed by atoms with Gasteiger partial charge in [-0.05, 0) is 31.7 Å². The number of primary amides is 1. The number of hydrogen-bond donors (Lipinski definition) is 2. The number of rotatable bonds is 7. The first-order valence-electron chi connectivity index (χ1n) is 11.0. The molecule has 0 atom stereocenters. The Morgan fingerprint density at radius 1 is 1.15 bits per heavy atom. The Bertz CT molecular complexity index is 1180. The molecule has 0 unspecified atom stereocenters. The van der Waals surface area contributed by atoms with Gasteiger partial charge >= 0.3 is 0 Å². The summed E-state index contributed by atoms with van der Waals surface area (Å²) in [6.07, 6.45) is 1.35. The molecule has 3 N–H and O–H groups in total. The standard InChI is InChI=1S/C24H27F2N5O2/c1-3-30-7-9-31(10-8-30)21-12-16-20(13-22(21)33-4-2)28-14-17(24(27)32)23(16)29-19-6-5-15(25)11-18(19)26/h5-6,11-14H,3-4,7-10H2,1-2H3,(H2,27,32)(H,28,29). The molecule has 9 heteroatoms. The number of piperazine rings is 1. The number of carbonyl (C=O) groups excluding carboxylic acids is 1. The minimum absolute atomic E-state index is 0.0263. The molecule has 0 bridgehead atoms. The Morgan fingerprint density at radius 2 is 1.91 bits per heavy atom. The molecule has 0 saturated carbocycles. The second-order valence-corrected chi connectivity index (χ2v) is 7.85. The number of halogens is 2. The van der Waals surface area contributed by atoms with Crippen molar-refractivity contribution in [2.45, 2.75) is 13.8 Å². The van der Waals surface area contributed by atoms with Crippen LogP contribution in [0.1, 0.15) is 24.2 Å². The lowest BCUT2D eigenvalue weighted by molar-refractivity contribution is 0.100. The maximum absolute atomic E-state index is 14.4. The van der Waals surface area contributed by atoms with Gasteiger partial charge in [0.05, 0.1) is 34.7 Å². The Balaban J connectivity index is 1.85. The molecule has 174 valence electrons. The van der Waals surface area contributed by atoms with E-state index in [2.05, 4.69) is 27.0 Å². The number of carbonyl (C=O) groups is 1. The summed E-state index contributed by atoms with van der Waals surface area (Å²) >= 11 is 0. The van der Waals surface area contributed by atoms with E-state index in [1.807, 2.05) is 19.1 Å². The Hall–Kier alpha value is -3.46. The fourth-order valence-electron chi connectivity index (χ4n) is 4.08. The van der Waals surface area contributed by atoms with Crippen LogP contribution in [0.3, 0.4) is 0 Å². The quantitative estimate of drug-likeness (QED) is 0.562. The number of benzene rings is 2. The maximum Gasteiger partial charge on any atom is 0.252 e. The van der Waals surface area contributed by atoms with Crippen LogP contribution in [0.4, 0.5) is 25.8 Å². The first kappa shape index (κ1) is 22.7. The van der Waals surface area contributed by atoms with Crippen molar-refractivity contribution in [3.8, 4) is 5.75 Å². The molecular formula is C24H27F2N5O2. The number of fused-ring (bicyclic) bond motifs is 1. The van der Waals surface area contributed by atoms with Crippen molar-refractivity contribution < 1.29 is 18.3 Å². The van der Waals surface area contributed by atoms with Gasteiger partial charge in [0.1, 0.15) is 17.4 Å². The van der Waals surface area contributed by atoms with Crippen LogP contribution in [-0.4, -0.2) is 55.1 Å². The van der Waals surface area contributed by atoms with Crippen LogP contribution in [0.2, 0.25) is 0 Å². The van der Waals surface area contributed by atoms with Crippen molar-refractivity contribution in [2.75, 3.05) is 49.5 Å². The molecule has 7 nitrogen and oxygen atoms in total. The molecule has 2 heterocycles. The van der Waals surface area contributed by atoms with E-state index in [0.29, 0.717) is 28.9 Å². The van der Waals surface area contributed by atoms with Crippen molar-refractivity contribution in [3.63, 3.8) is 0 Å². The molecule has 1 aromatic heterocycles. The van der Waals surface area contributed by atoms with E-state index in [1.165, 1.54) is 12.3 Å². The maximum atomic E-state index is 14.4. The lowest BCUT2D eigenvalue weighted by Gasteiger charge is -2.36. The predicted molar refractivity (Wildman–Crippen MR) is 125 cm³/mol. The third kappa shape index (κ3) is 4.68. The zero-order chi connectivity index (χ0) is 23.5. The molecule has 1 fully saturated rings. The van der Waals surface area contributed by atoms with Crippen LogP contribution >= 0.6 is 0 Å². The van der Waals surface area contributed by atoms with Gasteiger partial charge in [-0.3, -0.25) is 9.78 Å².